The Balaban J connectivity index is 2.07. The van der Waals surface area contributed by atoms with E-state index in [1.165, 1.54) is 12.1 Å². The fourth-order valence-corrected chi connectivity index (χ4v) is 1.73. The van der Waals surface area contributed by atoms with E-state index in [4.69, 9.17) is 12.2 Å². The molecule has 0 fully saturated rings. The molecular weight excluding hydrogens is 237 g/mol. The van der Waals surface area contributed by atoms with Crippen molar-refractivity contribution in [3.63, 3.8) is 0 Å². The number of benzene rings is 1. The lowest BCUT2D eigenvalue weighted by atomic mass is 10.2. The van der Waals surface area contributed by atoms with Gasteiger partial charge in [0.15, 0.2) is 0 Å². The van der Waals surface area contributed by atoms with Gasteiger partial charge in [-0.2, -0.15) is 0 Å². The van der Waals surface area contributed by atoms with Gasteiger partial charge in [0.05, 0.1) is 0 Å². The van der Waals surface area contributed by atoms with Crippen LogP contribution >= 0.6 is 12.2 Å². The second-order valence-corrected chi connectivity index (χ2v) is 4.12. The van der Waals surface area contributed by atoms with E-state index in [1.807, 2.05) is 6.92 Å². The van der Waals surface area contributed by atoms with Crippen molar-refractivity contribution in [1.29, 1.82) is 0 Å². The lowest BCUT2D eigenvalue weighted by Gasteiger charge is -2.07. The molecule has 0 aliphatic rings. The third-order valence-corrected chi connectivity index (χ3v) is 2.47. The van der Waals surface area contributed by atoms with Gasteiger partial charge in [-0.3, -0.25) is 0 Å². The lowest BCUT2D eigenvalue weighted by molar-refractivity contribution is 0.627. The zero-order valence-corrected chi connectivity index (χ0v) is 10.1. The summed E-state index contributed by atoms with van der Waals surface area (Å²) in [6.45, 7) is 2.45. The van der Waals surface area contributed by atoms with Crippen LogP contribution in [0.3, 0.4) is 0 Å². The van der Waals surface area contributed by atoms with Gasteiger partial charge in [0, 0.05) is 12.6 Å². The van der Waals surface area contributed by atoms with E-state index in [1.54, 1.807) is 18.2 Å². The van der Waals surface area contributed by atoms with Crippen LogP contribution in [0.5, 0.6) is 0 Å². The number of halogens is 1. The van der Waals surface area contributed by atoms with Gasteiger partial charge in [0.1, 0.15) is 22.1 Å². The molecule has 0 atom stereocenters. The molecule has 0 aliphatic carbocycles. The highest BCUT2D eigenvalue weighted by Gasteiger charge is 1.97. The summed E-state index contributed by atoms with van der Waals surface area (Å²) in [4.78, 5) is 7.14. The number of hydrogen-bond donors (Lipinski definition) is 2. The zero-order chi connectivity index (χ0) is 12.3. The first-order chi connectivity index (χ1) is 8.13. The van der Waals surface area contributed by atoms with Crippen LogP contribution in [0.15, 0.2) is 30.3 Å². The molecule has 0 aliphatic heterocycles. The van der Waals surface area contributed by atoms with Gasteiger partial charge in [-0.05, 0) is 24.6 Å². The van der Waals surface area contributed by atoms with Crippen LogP contribution in [0.25, 0.3) is 0 Å². The molecule has 2 aromatic rings. The van der Waals surface area contributed by atoms with E-state index in [9.17, 15) is 4.39 Å². The number of nitrogens with one attached hydrogen (secondary N) is 2. The Morgan fingerprint density at radius 1 is 1.35 bits per heavy atom. The van der Waals surface area contributed by atoms with Crippen molar-refractivity contribution < 1.29 is 4.39 Å². The minimum Gasteiger partial charge on any atom is -0.367 e. The highest BCUT2D eigenvalue weighted by molar-refractivity contribution is 7.71. The maximum absolute atomic E-state index is 12.7. The predicted molar refractivity (Wildman–Crippen MR) is 67.9 cm³/mol. The summed E-state index contributed by atoms with van der Waals surface area (Å²) in [5, 5.41) is 3.18. The Morgan fingerprint density at radius 3 is 2.71 bits per heavy atom. The minimum atomic E-state index is -0.229. The third-order valence-electron chi connectivity index (χ3n) is 2.26. The molecule has 0 saturated heterocycles. The number of hydrogen-bond acceptors (Lipinski definition) is 3. The monoisotopic (exact) mass is 249 g/mol. The Kier molecular flexibility index (Phi) is 3.49. The van der Waals surface area contributed by atoms with E-state index in [-0.39, 0.29) is 5.82 Å². The highest BCUT2D eigenvalue weighted by atomic mass is 32.1. The molecule has 3 nitrogen and oxygen atoms in total. The molecule has 88 valence electrons. The Hall–Kier alpha value is -1.75. The maximum Gasteiger partial charge on any atom is 0.131 e. The van der Waals surface area contributed by atoms with E-state index >= 15 is 0 Å². The Morgan fingerprint density at radius 2 is 2.06 bits per heavy atom. The topological polar surface area (TPSA) is 40.7 Å². The van der Waals surface area contributed by atoms with Gasteiger partial charge in [-0.25, -0.2) is 9.37 Å². The van der Waals surface area contributed by atoms with Crippen molar-refractivity contribution in [2.45, 2.75) is 13.5 Å². The molecule has 2 N–H and O–H groups in total. The summed E-state index contributed by atoms with van der Waals surface area (Å²) in [5.74, 6) is 1.35. The second-order valence-electron chi connectivity index (χ2n) is 3.70. The average Bonchev–Trinajstić information content (AvgIpc) is 2.27. The van der Waals surface area contributed by atoms with Crippen LogP contribution in [0.1, 0.15) is 11.4 Å². The maximum atomic E-state index is 12.7. The van der Waals surface area contributed by atoms with Crippen molar-refractivity contribution >= 4 is 18.0 Å². The summed E-state index contributed by atoms with van der Waals surface area (Å²) in [6, 6.07) is 8.12. The number of rotatable bonds is 3. The molecule has 1 heterocycles. The van der Waals surface area contributed by atoms with Crippen LogP contribution < -0.4 is 5.32 Å². The fourth-order valence-electron chi connectivity index (χ4n) is 1.47. The van der Waals surface area contributed by atoms with E-state index in [0.717, 1.165) is 17.2 Å². The van der Waals surface area contributed by atoms with Gasteiger partial charge < -0.3 is 10.3 Å². The Bertz CT molecular complexity index is 563. The molecule has 0 amide bonds. The molecule has 17 heavy (non-hydrogen) atoms. The molecule has 0 radical (unpaired) electrons. The van der Waals surface area contributed by atoms with Gasteiger partial charge in [0.25, 0.3) is 0 Å². The van der Waals surface area contributed by atoms with Gasteiger partial charge >= 0.3 is 0 Å². The summed E-state index contributed by atoms with van der Waals surface area (Å²) in [6.07, 6.45) is 0. The highest BCUT2D eigenvalue weighted by Crippen LogP contribution is 2.07. The SMILES string of the molecule is Cc1nc(=S)cc(NCc2ccc(F)cc2)[nH]1. The fraction of sp³-hybridized carbons (Fsp3) is 0.167. The zero-order valence-electron chi connectivity index (χ0n) is 9.33. The number of nitrogens with zero attached hydrogens (tertiary/aromatic N) is 1. The number of aromatic nitrogens is 2. The molecular formula is C12H12FN3S. The number of aryl methyl sites for hydroxylation is 1. The van der Waals surface area contributed by atoms with Crippen LogP contribution in [0.4, 0.5) is 10.2 Å². The van der Waals surface area contributed by atoms with Crippen LogP contribution in [0, 0.1) is 17.4 Å². The molecule has 0 bridgehead atoms. The predicted octanol–water partition coefficient (Wildman–Crippen LogP) is 3.20. The van der Waals surface area contributed by atoms with Crippen molar-refractivity contribution in [2.75, 3.05) is 5.32 Å². The second kappa shape index (κ2) is 5.05. The molecule has 5 heteroatoms. The molecule has 1 aromatic carbocycles. The van der Waals surface area contributed by atoms with Gasteiger partial charge in [-0.1, -0.05) is 24.4 Å². The lowest BCUT2D eigenvalue weighted by Crippen LogP contribution is -2.03. The smallest absolute Gasteiger partial charge is 0.131 e. The van der Waals surface area contributed by atoms with Crippen LogP contribution in [-0.2, 0) is 6.54 Å². The summed E-state index contributed by atoms with van der Waals surface area (Å²) < 4.78 is 13.3. The van der Waals surface area contributed by atoms with Crippen LogP contribution in [-0.4, -0.2) is 9.97 Å². The van der Waals surface area contributed by atoms with Gasteiger partial charge in [-0.15, -0.1) is 0 Å². The van der Waals surface area contributed by atoms with Crippen LogP contribution in [0.2, 0.25) is 0 Å². The van der Waals surface area contributed by atoms with Crippen molar-refractivity contribution in [1.82, 2.24) is 9.97 Å². The number of H-pyrrole nitrogens is 1. The normalized spacial score (nSPS) is 10.2. The first-order valence-corrected chi connectivity index (χ1v) is 5.60. The summed E-state index contributed by atoms with van der Waals surface area (Å²) >= 11 is 5.01. The van der Waals surface area contributed by atoms with E-state index < -0.39 is 0 Å². The number of anilines is 1. The molecule has 0 saturated carbocycles. The summed E-state index contributed by atoms with van der Waals surface area (Å²) in [5.41, 5.74) is 1.00. The molecule has 2 rings (SSSR count). The molecule has 1 aromatic heterocycles. The van der Waals surface area contributed by atoms with Crippen molar-refractivity contribution in [3.8, 4) is 0 Å². The standard InChI is InChI=1S/C12H12FN3S/c1-8-15-11(6-12(17)16-8)14-7-9-2-4-10(13)5-3-9/h2-6H,7H2,1H3,(H2,14,15,16,17). The van der Waals surface area contributed by atoms with Gasteiger partial charge in [0.2, 0.25) is 0 Å². The van der Waals surface area contributed by atoms with Crippen molar-refractivity contribution in [2.24, 2.45) is 0 Å². The molecule has 0 unspecified atom stereocenters. The third kappa shape index (κ3) is 3.35. The average molecular weight is 249 g/mol. The summed E-state index contributed by atoms with van der Waals surface area (Å²) in [7, 11) is 0. The molecule has 0 spiro atoms. The first kappa shape index (κ1) is 11.7. The van der Waals surface area contributed by atoms with E-state index in [0.29, 0.717) is 11.2 Å². The van der Waals surface area contributed by atoms with E-state index in [2.05, 4.69) is 15.3 Å². The van der Waals surface area contributed by atoms with Crippen molar-refractivity contribution in [3.05, 3.63) is 52.2 Å². The Labute approximate surface area is 104 Å². The largest absolute Gasteiger partial charge is 0.367 e. The number of aromatic amines is 1. The minimum absolute atomic E-state index is 0.229. The quantitative estimate of drug-likeness (QED) is 0.821. The first-order valence-electron chi connectivity index (χ1n) is 5.20.